The SMILES string of the molecule is Cc1cnc(N(C)CCc2nccc(=O)[nH]2)nc1. The Kier molecular flexibility index (Phi) is 3.66. The minimum atomic E-state index is -0.130. The standard InChI is InChI=1S/C12H15N5O/c1-9-7-14-12(15-8-9)17(2)6-4-10-13-5-3-11(18)16-10/h3,5,7-8H,4,6H2,1-2H3,(H,13,16,18). The van der Waals surface area contributed by atoms with E-state index in [-0.39, 0.29) is 5.56 Å². The van der Waals surface area contributed by atoms with Gasteiger partial charge in [-0.3, -0.25) is 4.79 Å². The third-order valence-corrected chi connectivity index (χ3v) is 2.52. The Morgan fingerprint density at radius 1 is 1.28 bits per heavy atom. The van der Waals surface area contributed by atoms with Crippen LogP contribution in [0.3, 0.4) is 0 Å². The number of anilines is 1. The van der Waals surface area contributed by atoms with Gasteiger partial charge in [-0.1, -0.05) is 0 Å². The van der Waals surface area contributed by atoms with E-state index in [0.717, 1.165) is 5.56 Å². The fourth-order valence-corrected chi connectivity index (χ4v) is 1.49. The van der Waals surface area contributed by atoms with Gasteiger partial charge in [0.1, 0.15) is 5.82 Å². The Balaban J connectivity index is 1.98. The third kappa shape index (κ3) is 3.13. The summed E-state index contributed by atoms with van der Waals surface area (Å²) in [5.41, 5.74) is 0.899. The molecule has 0 radical (unpaired) electrons. The molecule has 18 heavy (non-hydrogen) atoms. The Bertz CT molecular complexity index is 563. The number of rotatable bonds is 4. The first-order valence-electron chi connectivity index (χ1n) is 5.69. The minimum absolute atomic E-state index is 0.130. The van der Waals surface area contributed by atoms with E-state index in [2.05, 4.69) is 19.9 Å². The lowest BCUT2D eigenvalue weighted by Crippen LogP contribution is -2.24. The van der Waals surface area contributed by atoms with Crippen molar-refractivity contribution >= 4 is 5.95 Å². The van der Waals surface area contributed by atoms with Crippen molar-refractivity contribution in [1.82, 2.24) is 19.9 Å². The molecule has 6 heteroatoms. The highest BCUT2D eigenvalue weighted by Gasteiger charge is 2.04. The van der Waals surface area contributed by atoms with Crippen LogP contribution in [0.1, 0.15) is 11.4 Å². The second-order valence-corrected chi connectivity index (χ2v) is 4.11. The highest BCUT2D eigenvalue weighted by molar-refractivity contribution is 5.28. The van der Waals surface area contributed by atoms with E-state index in [4.69, 9.17) is 0 Å². The molecule has 0 atom stereocenters. The van der Waals surface area contributed by atoms with Crippen LogP contribution in [0.25, 0.3) is 0 Å². The first-order chi connectivity index (χ1) is 8.65. The molecular formula is C12H15N5O. The molecule has 0 bridgehead atoms. The van der Waals surface area contributed by atoms with E-state index in [9.17, 15) is 4.79 Å². The lowest BCUT2D eigenvalue weighted by molar-refractivity contribution is 0.790. The normalized spacial score (nSPS) is 10.3. The van der Waals surface area contributed by atoms with Gasteiger partial charge in [-0.15, -0.1) is 0 Å². The number of aromatic amines is 1. The number of hydrogen-bond acceptors (Lipinski definition) is 5. The summed E-state index contributed by atoms with van der Waals surface area (Å²) in [6, 6.07) is 1.40. The summed E-state index contributed by atoms with van der Waals surface area (Å²) in [6.45, 7) is 2.64. The zero-order chi connectivity index (χ0) is 13.0. The average Bonchev–Trinajstić information content (AvgIpc) is 2.37. The van der Waals surface area contributed by atoms with Crippen molar-refractivity contribution < 1.29 is 0 Å². The second-order valence-electron chi connectivity index (χ2n) is 4.11. The molecule has 2 aromatic rings. The molecule has 1 N–H and O–H groups in total. The number of H-pyrrole nitrogens is 1. The van der Waals surface area contributed by atoms with Gasteiger partial charge in [0.2, 0.25) is 5.95 Å². The summed E-state index contributed by atoms with van der Waals surface area (Å²) in [5, 5.41) is 0. The van der Waals surface area contributed by atoms with E-state index in [1.54, 1.807) is 12.4 Å². The summed E-state index contributed by atoms with van der Waals surface area (Å²) >= 11 is 0. The maximum Gasteiger partial charge on any atom is 0.250 e. The predicted molar refractivity (Wildman–Crippen MR) is 68.6 cm³/mol. The van der Waals surface area contributed by atoms with E-state index in [1.807, 2.05) is 18.9 Å². The number of aromatic nitrogens is 4. The average molecular weight is 245 g/mol. The Labute approximate surface area is 105 Å². The molecule has 2 rings (SSSR count). The van der Waals surface area contributed by atoms with Gasteiger partial charge in [-0.2, -0.15) is 0 Å². The topological polar surface area (TPSA) is 74.8 Å². The summed E-state index contributed by atoms with van der Waals surface area (Å²) in [5.74, 6) is 1.33. The number of nitrogens with zero attached hydrogens (tertiary/aromatic N) is 4. The second kappa shape index (κ2) is 5.39. The molecule has 0 saturated carbocycles. The van der Waals surface area contributed by atoms with Crippen LogP contribution in [-0.2, 0) is 6.42 Å². The summed E-state index contributed by atoms with van der Waals surface area (Å²) < 4.78 is 0. The zero-order valence-electron chi connectivity index (χ0n) is 10.4. The molecule has 2 aromatic heterocycles. The van der Waals surface area contributed by atoms with Gasteiger partial charge in [0.15, 0.2) is 0 Å². The quantitative estimate of drug-likeness (QED) is 0.851. The van der Waals surface area contributed by atoms with Crippen molar-refractivity contribution in [3.8, 4) is 0 Å². The van der Waals surface area contributed by atoms with E-state index in [0.29, 0.717) is 24.7 Å². The largest absolute Gasteiger partial charge is 0.343 e. The summed E-state index contributed by atoms with van der Waals surface area (Å²) in [7, 11) is 1.91. The molecule has 0 aliphatic heterocycles. The van der Waals surface area contributed by atoms with Crippen molar-refractivity contribution in [2.45, 2.75) is 13.3 Å². The molecule has 0 amide bonds. The smallest absolute Gasteiger partial charge is 0.250 e. The molecule has 6 nitrogen and oxygen atoms in total. The fourth-order valence-electron chi connectivity index (χ4n) is 1.49. The van der Waals surface area contributed by atoms with Crippen molar-refractivity contribution in [3.05, 3.63) is 46.4 Å². The molecule has 0 saturated heterocycles. The van der Waals surface area contributed by atoms with Gasteiger partial charge in [-0.05, 0) is 12.5 Å². The van der Waals surface area contributed by atoms with Gasteiger partial charge in [0.25, 0.3) is 5.56 Å². The number of hydrogen-bond donors (Lipinski definition) is 1. The minimum Gasteiger partial charge on any atom is -0.343 e. The fraction of sp³-hybridized carbons (Fsp3) is 0.333. The Morgan fingerprint density at radius 3 is 2.67 bits per heavy atom. The number of nitrogens with one attached hydrogen (secondary N) is 1. The van der Waals surface area contributed by atoms with Crippen molar-refractivity contribution in [3.63, 3.8) is 0 Å². The van der Waals surface area contributed by atoms with Crippen LogP contribution in [0.4, 0.5) is 5.95 Å². The van der Waals surface area contributed by atoms with Gasteiger partial charge >= 0.3 is 0 Å². The molecule has 0 aliphatic rings. The van der Waals surface area contributed by atoms with Gasteiger partial charge in [0, 0.05) is 44.7 Å². The zero-order valence-corrected chi connectivity index (χ0v) is 10.4. The van der Waals surface area contributed by atoms with Gasteiger partial charge < -0.3 is 9.88 Å². The Hall–Kier alpha value is -2.24. The van der Waals surface area contributed by atoms with E-state index < -0.39 is 0 Å². The summed E-state index contributed by atoms with van der Waals surface area (Å²) in [6.07, 6.45) is 5.71. The van der Waals surface area contributed by atoms with E-state index >= 15 is 0 Å². The molecule has 0 aromatic carbocycles. The third-order valence-electron chi connectivity index (χ3n) is 2.52. The Morgan fingerprint density at radius 2 is 2.00 bits per heavy atom. The van der Waals surface area contributed by atoms with Gasteiger partial charge in [-0.25, -0.2) is 15.0 Å². The number of likely N-dealkylation sites (N-methyl/N-ethyl adjacent to an activating group) is 1. The molecule has 94 valence electrons. The molecule has 0 unspecified atom stereocenters. The van der Waals surface area contributed by atoms with Crippen LogP contribution in [0, 0.1) is 6.92 Å². The van der Waals surface area contributed by atoms with Crippen LogP contribution in [0.5, 0.6) is 0 Å². The molecular weight excluding hydrogens is 230 g/mol. The van der Waals surface area contributed by atoms with Crippen LogP contribution in [-0.4, -0.2) is 33.5 Å². The molecule has 0 fully saturated rings. The van der Waals surface area contributed by atoms with E-state index in [1.165, 1.54) is 12.3 Å². The predicted octanol–water partition coefficient (Wildman–Crippen LogP) is 0.547. The lowest BCUT2D eigenvalue weighted by Gasteiger charge is -2.16. The maximum atomic E-state index is 11.1. The van der Waals surface area contributed by atoms with Crippen molar-refractivity contribution in [2.24, 2.45) is 0 Å². The van der Waals surface area contributed by atoms with Gasteiger partial charge in [0.05, 0.1) is 0 Å². The monoisotopic (exact) mass is 245 g/mol. The van der Waals surface area contributed by atoms with Crippen LogP contribution < -0.4 is 10.5 Å². The summed E-state index contributed by atoms with van der Waals surface area (Å²) in [4.78, 5) is 28.3. The maximum absolute atomic E-state index is 11.1. The van der Waals surface area contributed by atoms with Crippen LogP contribution >= 0.6 is 0 Å². The lowest BCUT2D eigenvalue weighted by atomic mass is 10.3. The molecule has 0 spiro atoms. The van der Waals surface area contributed by atoms with Crippen LogP contribution in [0.15, 0.2) is 29.5 Å². The first kappa shape index (κ1) is 12.2. The number of aryl methyl sites for hydroxylation is 1. The first-order valence-corrected chi connectivity index (χ1v) is 5.69. The highest BCUT2D eigenvalue weighted by Crippen LogP contribution is 2.04. The highest BCUT2D eigenvalue weighted by atomic mass is 16.1. The molecule has 2 heterocycles. The van der Waals surface area contributed by atoms with Crippen LogP contribution in [0.2, 0.25) is 0 Å². The van der Waals surface area contributed by atoms with Crippen molar-refractivity contribution in [2.75, 3.05) is 18.5 Å². The molecule has 0 aliphatic carbocycles. The van der Waals surface area contributed by atoms with Crippen molar-refractivity contribution in [1.29, 1.82) is 0 Å².